The molecular formula is C26H40Cl2N2O2. The smallest absolute Gasteiger partial charge is 0.119 e. The Kier molecular flexibility index (Phi) is 12.5. The van der Waals surface area contributed by atoms with Gasteiger partial charge in [0.2, 0.25) is 0 Å². The fourth-order valence-corrected chi connectivity index (χ4v) is 4.15. The molecule has 0 aliphatic carbocycles. The van der Waals surface area contributed by atoms with Gasteiger partial charge in [-0.05, 0) is 82.3 Å². The van der Waals surface area contributed by atoms with Crippen LogP contribution >= 0.6 is 24.8 Å². The van der Waals surface area contributed by atoms with Crippen LogP contribution in [-0.4, -0.2) is 54.9 Å². The molecule has 180 valence electrons. The maximum atomic E-state index is 11.1. The molecule has 1 fully saturated rings. The summed E-state index contributed by atoms with van der Waals surface area (Å²) in [5.41, 5.74) is 2.04. The van der Waals surface area contributed by atoms with E-state index in [-0.39, 0.29) is 30.9 Å². The van der Waals surface area contributed by atoms with E-state index in [2.05, 4.69) is 59.3 Å². The Morgan fingerprint density at radius 3 is 2.22 bits per heavy atom. The van der Waals surface area contributed by atoms with Crippen LogP contribution in [0.5, 0.6) is 5.75 Å². The summed E-state index contributed by atoms with van der Waals surface area (Å²) < 4.78 is 5.72. The zero-order valence-corrected chi connectivity index (χ0v) is 21.3. The van der Waals surface area contributed by atoms with Crippen LogP contribution in [0.2, 0.25) is 0 Å². The highest BCUT2D eigenvalue weighted by Gasteiger charge is 2.32. The third-order valence-electron chi connectivity index (χ3n) is 6.13. The summed E-state index contributed by atoms with van der Waals surface area (Å²) in [5, 5.41) is 11.1. The standard InChI is InChI=1S/C26H38N2O2.2ClH/c1-22(2)30-25-13-11-24(12-14-25)27(3)19-15-26(29)16-20-28(21-17-26)18-7-10-23-8-5-4-6-9-23;;/h4-6,8-9,11-14,22,29H,7,10,15-21H2,1-3H3;2*1H. The number of ether oxygens (including phenoxy) is 1. The van der Waals surface area contributed by atoms with E-state index >= 15 is 0 Å². The van der Waals surface area contributed by atoms with Crippen molar-refractivity contribution in [3.8, 4) is 5.75 Å². The van der Waals surface area contributed by atoms with Gasteiger partial charge in [-0.15, -0.1) is 24.8 Å². The van der Waals surface area contributed by atoms with Crippen molar-refractivity contribution in [3.05, 3.63) is 60.2 Å². The molecule has 0 atom stereocenters. The number of aryl methyl sites for hydroxylation is 1. The van der Waals surface area contributed by atoms with Gasteiger partial charge in [-0.25, -0.2) is 0 Å². The van der Waals surface area contributed by atoms with Crippen LogP contribution in [0.15, 0.2) is 54.6 Å². The first kappa shape index (κ1) is 28.6. The second-order valence-corrected chi connectivity index (χ2v) is 8.99. The quantitative estimate of drug-likeness (QED) is 0.477. The second kappa shape index (κ2) is 13.9. The van der Waals surface area contributed by atoms with Crippen molar-refractivity contribution >= 4 is 30.5 Å². The number of piperidine rings is 1. The highest BCUT2D eigenvalue weighted by Crippen LogP contribution is 2.27. The summed E-state index contributed by atoms with van der Waals surface area (Å²) in [6.07, 6.45) is 5.05. The highest BCUT2D eigenvalue weighted by molar-refractivity contribution is 5.85. The summed E-state index contributed by atoms with van der Waals surface area (Å²) in [5.74, 6) is 0.903. The van der Waals surface area contributed by atoms with Crippen molar-refractivity contribution in [2.24, 2.45) is 0 Å². The van der Waals surface area contributed by atoms with E-state index in [1.54, 1.807) is 0 Å². The average Bonchev–Trinajstić information content (AvgIpc) is 2.75. The van der Waals surface area contributed by atoms with Crippen LogP contribution in [0, 0.1) is 0 Å². The molecule has 1 heterocycles. The number of nitrogens with zero attached hydrogens (tertiary/aromatic N) is 2. The molecule has 0 spiro atoms. The number of benzene rings is 2. The van der Waals surface area contributed by atoms with Crippen LogP contribution in [0.25, 0.3) is 0 Å². The van der Waals surface area contributed by atoms with Gasteiger partial charge in [0, 0.05) is 32.4 Å². The topological polar surface area (TPSA) is 35.9 Å². The molecule has 1 N–H and O–H groups in total. The van der Waals surface area contributed by atoms with E-state index in [1.807, 2.05) is 26.0 Å². The fourth-order valence-electron chi connectivity index (χ4n) is 4.15. The van der Waals surface area contributed by atoms with Gasteiger partial charge < -0.3 is 19.6 Å². The molecule has 32 heavy (non-hydrogen) atoms. The van der Waals surface area contributed by atoms with Gasteiger partial charge in [0.25, 0.3) is 0 Å². The lowest BCUT2D eigenvalue weighted by Gasteiger charge is -2.39. The Morgan fingerprint density at radius 1 is 1.00 bits per heavy atom. The molecule has 2 aromatic rings. The molecule has 1 saturated heterocycles. The van der Waals surface area contributed by atoms with Crippen molar-refractivity contribution in [3.63, 3.8) is 0 Å². The normalized spacial score (nSPS) is 15.5. The molecule has 0 aromatic heterocycles. The number of likely N-dealkylation sites (tertiary alicyclic amines) is 1. The minimum atomic E-state index is -0.537. The summed E-state index contributed by atoms with van der Waals surface area (Å²) in [4.78, 5) is 4.73. The van der Waals surface area contributed by atoms with E-state index < -0.39 is 5.60 Å². The zero-order valence-electron chi connectivity index (χ0n) is 19.7. The Morgan fingerprint density at radius 2 is 1.62 bits per heavy atom. The average molecular weight is 484 g/mol. The summed E-state index contributed by atoms with van der Waals surface area (Å²) >= 11 is 0. The van der Waals surface area contributed by atoms with E-state index in [9.17, 15) is 5.11 Å². The fraction of sp³-hybridized carbons (Fsp3) is 0.538. The Bertz CT molecular complexity index is 748. The lowest BCUT2D eigenvalue weighted by molar-refractivity contribution is -0.0258. The Hall–Kier alpha value is -1.46. The first-order valence-corrected chi connectivity index (χ1v) is 11.4. The summed E-state index contributed by atoms with van der Waals surface area (Å²) in [6, 6.07) is 18.9. The van der Waals surface area contributed by atoms with Crippen LogP contribution in [-0.2, 0) is 6.42 Å². The van der Waals surface area contributed by atoms with Crippen molar-refractivity contribution in [1.29, 1.82) is 0 Å². The molecule has 0 radical (unpaired) electrons. The molecule has 0 bridgehead atoms. The third-order valence-corrected chi connectivity index (χ3v) is 6.13. The number of anilines is 1. The van der Waals surface area contributed by atoms with Gasteiger partial charge >= 0.3 is 0 Å². The van der Waals surface area contributed by atoms with Crippen molar-refractivity contribution in [1.82, 2.24) is 4.90 Å². The third kappa shape index (κ3) is 9.19. The van der Waals surface area contributed by atoms with Gasteiger partial charge in [0.05, 0.1) is 11.7 Å². The van der Waals surface area contributed by atoms with Crippen LogP contribution < -0.4 is 9.64 Å². The molecule has 0 amide bonds. The molecule has 0 saturated carbocycles. The van der Waals surface area contributed by atoms with Crippen molar-refractivity contribution < 1.29 is 9.84 Å². The summed E-state index contributed by atoms with van der Waals surface area (Å²) in [6.45, 7) is 8.04. The van der Waals surface area contributed by atoms with Crippen molar-refractivity contribution in [2.45, 2.75) is 57.7 Å². The largest absolute Gasteiger partial charge is 0.491 e. The maximum absolute atomic E-state index is 11.1. The molecule has 1 aliphatic heterocycles. The SMILES string of the molecule is CC(C)Oc1ccc(N(C)CCC2(O)CCN(CCCc3ccccc3)CC2)cc1.Cl.Cl. The molecule has 1 aliphatic rings. The first-order valence-electron chi connectivity index (χ1n) is 11.4. The minimum Gasteiger partial charge on any atom is -0.491 e. The van der Waals surface area contributed by atoms with E-state index in [1.165, 1.54) is 12.0 Å². The van der Waals surface area contributed by atoms with Gasteiger partial charge in [0.1, 0.15) is 5.75 Å². The van der Waals surface area contributed by atoms with Crippen LogP contribution in [0.1, 0.15) is 45.1 Å². The predicted octanol–water partition coefficient (Wildman–Crippen LogP) is 5.60. The number of hydrogen-bond donors (Lipinski definition) is 1. The number of hydrogen-bond acceptors (Lipinski definition) is 4. The second-order valence-electron chi connectivity index (χ2n) is 8.99. The Labute approximate surface area is 206 Å². The van der Waals surface area contributed by atoms with E-state index in [0.717, 1.165) is 63.3 Å². The molecule has 4 nitrogen and oxygen atoms in total. The molecule has 0 unspecified atom stereocenters. The van der Waals surface area contributed by atoms with E-state index in [4.69, 9.17) is 4.74 Å². The molecule has 2 aromatic carbocycles. The first-order chi connectivity index (χ1) is 14.4. The van der Waals surface area contributed by atoms with Crippen LogP contribution in [0.3, 0.4) is 0 Å². The number of aliphatic hydroxyl groups is 1. The summed E-state index contributed by atoms with van der Waals surface area (Å²) in [7, 11) is 2.10. The molecule has 6 heteroatoms. The van der Waals surface area contributed by atoms with Gasteiger partial charge in [-0.1, -0.05) is 30.3 Å². The van der Waals surface area contributed by atoms with Crippen LogP contribution in [0.4, 0.5) is 5.69 Å². The number of rotatable bonds is 10. The minimum absolute atomic E-state index is 0. The number of halogens is 2. The van der Waals surface area contributed by atoms with Crippen molar-refractivity contribution in [2.75, 3.05) is 38.1 Å². The predicted molar refractivity (Wildman–Crippen MR) is 140 cm³/mol. The highest BCUT2D eigenvalue weighted by atomic mass is 35.5. The lowest BCUT2D eigenvalue weighted by Crippen LogP contribution is -2.46. The lowest BCUT2D eigenvalue weighted by atomic mass is 9.88. The van der Waals surface area contributed by atoms with Gasteiger partial charge in [-0.3, -0.25) is 0 Å². The van der Waals surface area contributed by atoms with E-state index in [0.29, 0.717) is 0 Å². The Balaban J connectivity index is 0.00000256. The monoisotopic (exact) mass is 482 g/mol. The molecular weight excluding hydrogens is 443 g/mol. The zero-order chi connectivity index (χ0) is 21.4. The molecule has 3 rings (SSSR count). The maximum Gasteiger partial charge on any atom is 0.119 e. The van der Waals surface area contributed by atoms with Gasteiger partial charge in [0.15, 0.2) is 0 Å². The van der Waals surface area contributed by atoms with Gasteiger partial charge in [-0.2, -0.15) is 0 Å².